The van der Waals surface area contributed by atoms with Gasteiger partial charge in [0.1, 0.15) is 0 Å². The molecule has 20 heavy (non-hydrogen) atoms. The maximum atomic E-state index is 13.2. The Morgan fingerprint density at radius 1 is 1.15 bits per heavy atom. The molecular weight excluding hydrogens is 267 g/mol. The normalized spacial score (nSPS) is 14.3. The number of carbonyl (C=O) groups excluding carboxylic acids is 1. The minimum atomic E-state index is -2.80. The smallest absolute Gasteiger partial charge is 0.221 e. The first-order valence-electron chi connectivity index (χ1n) is 7.42. The zero-order chi connectivity index (χ0) is 15.5. The van der Waals surface area contributed by atoms with Gasteiger partial charge in [0.2, 0.25) is 5.52 Å². The maximum Gasteiger partial charge on any atom is 0.221 e. The van der Waals surface area contributed by atoms with Crippen LogP contribution in [0.4, 0.5) is 0 Å². The molecule has 0 heterocycles. The molecule has 1 unspecified atom stereocenters. The molecule has 1 atom stereocenters. The summed E-state index contributed by atoms with van der Waals surface area (Å²) in [5, 5.41) is 0. The van der Waals surface area contributed by atoms with Gasteiger partial charge in [-0.15, -0.1) is 0 Å². The predicted molar refractivity (Wildman–Crippen MR) is 87.5 cm³/mol. The van der Waals surface area contributed by atoms with Crippen molar-refractivity contribution in [1.82, 2.24) is 0 Å². The van der Waals surface area contributed by atoms with Crippen molar-refractivity contribution >= 4 is 12.7 Å². The third-order valence-corrected chi connectivity index (χ3v) is 6.96. The van der Waals surface area contributed by atoms with Crippen molar-refractivity contribution in [2.24, 2.45) is 5.92 Å². The lowest BCUT2D eigenvalue weighted by Crippen LogP contribution is -2.13. The first-order chi connectivity index (χ1) is 9.21. The first kappa shape index (κ1) is 17.2. The van der Waals surface area contributed by atoms with E-state index in [1.54, 1.807) is 0 Å². The monoisotopic (exact) mass is 294 g/mol. The lowest BCUT2D eigenvalue weighted by molar-refractivity contribution is 0.107. The molecule has 3 heteroatoms. The van der Waals surface area contributed by atoms with Crippen LogP contribution in [0.25, 0.3) is 0 Å². The molecule has 0 spiro atoms. The Morgan fingerprint density at radius 2 is 1.65 bits per heavy atom. The van der Waals surface area contributed by atoms with Crippen molar-refractivity contribution in [2.45, 2.75) is 48.0 Å². The highest BCUT2D eigenvalue weighted by molar-refractivity contribution is 7.81. The molecule has 0 saturated heterocycles. The number of aryl methyl sites for hydroxylation is 3. The SMILES string of the molecule is CCCP(=O)(CC(C)C)C(=O)c1c(C)cc(C)cc1C. The largest absolute Gasteiger partial charge is 0.315 e. The topological polar surface area (TPSA) is 34.1 Å². The van der Waals surface area contributed by atoms with E-state index in [-0.39, 0.29) is 11.4 Å². The fourth-order valence-corrected chi connectivity index (χ4v) is 6.16. The van der Waals surface area contributed by atoms with E-state index in [4.69, 9.17) is 0 Å². The molecule has 0 aliphatic rings. The molecule has 1 aromatic rings. The fourth-order valence-electron chi connectivity index (χ4n) is 2.95. The number of hydrogen-bond donors (Lipinski definition) is 0. The van der Waals surface area contributed by atoms with Gasteiger partial charge in [-0.3, -0.25) is 4.79 Å². The van der Waals surface area contributed by atoms with Crippen LogP contribution in [-0.4, -0.2) is 17.8 Å². The molecule has 2 nitrogen and oxygen atoms in total. The van der Waals surface area contributed by atoms with Crippen LogP contribution >= 0.6 is 7.14 Å². The maximum absolute atomic E-state index is 13.2. The van der Waals surface area contributed by atoms with E-state index in [1.165, 1.54) is 0 Å². The Morgan fingerprint density at radius 3 is 2.05 bits per heavy atom. The highest BCUT2D eigenvalue weighted by Crippen LogP contribution is 2.51. The van der Waals surface area contributed by atoms with Crippen LogP contribution in [0.3, 0.4) is 0 Å². The molecule has 0 radical (unpaired) electrons. The van der Waals surface area contributed by atoms with Gasteiger partial charge in [-0.25, -0.2) is 0 Å². The Kier molecular flexibility index (Phi) is 5.77. The quantitative estimate of drug-likeness (QED) is 0.677. The number of rotatable bonds is 6. The number of carbonyl (C=O) groups is 1. The Labute approximate surface area is 123 Å². The zero-order valence-electron chi connectivity index (χ0n) is 13.6. The summed E-state index contributed by atoms with van der Waals surface area (Å²) in [5.41, 5.74) is 3.63. The van der Waals surface area contributed by atoms with E-state index >= 15 is 0 Å². The van der Waals surface area contributed by atoms with E-state index in [2.05, 4.69) is 0 Å². The molecule has 0 bridgehead atoms. The van der Waals surface area contributed by atoms with Crippen molar-refractivity contribution in [3.05, 3.63) is 34.4 Å². The highest BCUT2D eigenvalue weighted by atomic mass is 31.2. The summed E-state index contributed by atoms with van der Waals surface area (Å²) in [6.45, 7) is 12.0. The van der Waals surface area contributed by atoms with Gasteiger partial charge in [-0.1, -0.05) is 38.5 Å². The third-order valence-electron chi connectivity index (χ3n) is 3.51. The van der Waals surface area contributed by atoms with Crippen LogP contribution in [0, 0.1) is 26.7 Å². The van der Waals surface area contributed by atoms with Crippen LogP contribution in [-0.2, 0) is 4.57 Å². The minimum Gasteiger partial charge on any atom is -0.315 e. The Balaban J connectivity index is 3.30. The van der Waals surface area contributed by atoms with Gasteiger partial charge in [0.05, 0.1) is 0 Å². The average molecular weight is 294 g/mol. The number of hydrogen-bond acceptors (Lipinski definition) is 2. The molecule has 0 aromatic heterocycles. The zero-order valence-corrected chi connectivity index (χ0v) is 14.5. The summed E-state index contributed by atoms with van der Waals surface area (Å²) >= 11 is 0. The van der Waals surface area contributed by atoms with E-state index in [9.17, 15) is 9.36 Å². The summed E-state index contributed by atoms with van der Waals surface area (Å²) in [6, 6.07) is 4.01. The van der Waals surface area contributed by atoms with Crippen LogP contribution in [0.1, 0.15) is 54.2 Å². The van der Waals surface area contributed by atoms with Gasteiger partial charge < -0.3 is 4.57 Å². The standard InChI is InChI=1S/C17H27O2P/c1-7-8-20(19,11-12(2)3)17(18)16-14(5)9-13(4)10-15(16)6/h9-10,12H,7-8,11H2,1-6H3. The van der Waals surface area contributed by atoms with Gasteiger partial charge >= 0.3 is 0 Å². The van der Waals surface area contributed by atoms with Gasteiger partial charge in [0.15, 0.2) is 7.14 Å². The van der Waals surface area contributed by atoms with Crippen molar-refractivity contribution in [3.8, 4) is 0 Å². The van der Waals surface area contributed by atoms with E-state index in [1.807, 2.05) is 53.7 Å². The fraction of sp³-hybridized carbons (Fsp3) is 0.588. The molecule has 0 N–H and O–H groups in total. The summed E-state index contributed by atoms with van der Waals surface area (Å²) in [7, 11) is -2.80. The van der Waals surface area contributed by atoms with E-state index in [0.29, 0.717) is 17.9 Å². The third kappa shape index (κ3) is 3.82. The van der Waals surface area contributed by atoms with Crippen molar-refractivity contribution < 1.29 is 9.36 Å². The first-order valence-corrected chi connectivity index (χ1v) is 9.49. The van der Waals surface area contributed by atoms with Crippen LogP contribution in [0.5, 0.6) is 0 Å². The van der Waals surface area contributed by atoms with Crippen LogP contribution in [0.2, 0.25) is 0 Å². The number of benzene rings is 1. The second kappa shape index (κ2) is 6.72. The van der Waals surface area contributed by atoms with Crippen LogP contribution < -0.4 is 0 Å². The molecule has 0 amide bonds. The van der Waals surface area contributed by atoms with Crippen molar-refractivity contribution in [2.75, 3.05) is 12.3 Å². The van der Waals surface area contributed by atoms with Gasteiger partial charge in [-0.05, 0) is 44.2 Å². The predicted octanol–water partition coefficient (Wildman–Crippen LogP) is 5.18. The van der Waals surface area contributed by atoms with Crippen molar-refractivity contribution in [1.29, 1.82) is 0 Å². The molecule has 112 valence electrons. The summed E-state index contributed by atoms with van der Waals surface area (Å²) < 4.78 is 13.2. The summed E-state index contributed by atoms with van der Waals surface area (Å²) in [5.74, 6) is 0.280. The molecular formula is C17H27O2P. The highest BCUT2D eigenvalue weighted by Gasteiger charge is 2.33. The Hall–Kier alpha value is -0.880. The van der Waals surface area contributed by atoms with Crippen molar-refractivity contribution in [3.63, 3.8) is 0 Å². The molecule has 0 fully saturated rings. The minimum absolute atomic E-state index is 0.108. The summed E-state index contributed by atoms with van der Waals surface area (Å²) in [4.78, 5) is 12.9. The lowest BCUT2D eigenvalue weighted by atomic mass is 10.0. The van der Waals surface area contributed by atoms with Gasteiger partial charge in [-0.2, -0.15) is 0 Å². The van der Waals surface area contributed by atoms with E-state index < -0.39 is 7.14 Å². The molecule has 0 aliphatic heterocycles. The molecule has 1 rings (SSSR count). The summed E-state index contributed by atoms with van der Waals surface area (Å²) in [6.07, 6.45) is 1.84. The second-order valence-electron chi connectivity index (χ2n) is 6.27. The average Bonchev–Trinajstić information content (AvgIpc) is 2.26. The van der Waals surface area contributed by atoms with Crippen LogP contribution in [0.15, 0.2) is 12.1 Å². The lowest BCUT2D eigenvalue weighted by Gasteiger charge is -2.21. The van der Waals surface area contributed by atoms with E-state index in [0.717, 1.165) is 23.1 Å². The molecule has 1 aromatic carbocycles. The van der Waals surface area contributed by atoms with Gasteiger partial charge in [0, 0.05) is 17.9 Å². The van der Waals surface area contributed by atoms with Gasteiger partial charge in [0.25, 0.3) is 0 Å². The Bertz CT molecular complexity index is 521. The second-order valence-corrected chi connectivity index (χ2v) is 9.27. The molecule has 0 aliphatic carbocycles. The molecule has 0 saturated carbocycles.